The van der Waals surface area contributed by atoms with Gasteiger partial charge in [0.05, 0.1) is 10.3 Å². The van der Waals surface area contributed by atoms with Crippen LogP contribution in [-0.4, -0.2) is 29.0 Å². The van der Waals surface area contributed by atoms with Crippen molar-refractivity contribution in [3.05, 3.63) is 23.2 Å². The molecule has 0 aromatic heterocycles. The van der Waals surface area contributed by atoms with Crippen LogP contribution in [0, 0.1) is 0 Å². The van der Waals surface area contributed by atoms with E-state index in [0.717, 1.165) is 9.80 Å². The Bertz CT molecular complexity index is 492. The van der Waals surface area contributed by atoms with E-state index in [4.69, 9.17) is 17.3 Å². The molecule has 1 saturated heterocycles. The highest BCUT2D eigenvalue weighted by Gasteiger charge is 2.36. The molecule has 0 bridgehead atoms. The Morgan fingerprint density at radius 3 is 2.76 bits per heavy atom. The van der Waals surface area contributed by atoms with E-state index in [-0.39, 0.29) is 18.2 Å². The van der Waals surface area contributed by atoms with Crippen LogP contribution in [0.25, 0.3) is 0 Å². The summed E-state index contributed by atoms with van der Waals surface area (Å²) in [4.78, 5) is 25.0. The summed E-state index contributed by atoms with van der Waals surface area (Å²) < 4.78 is 0. The molecule has 4 nitrogen and oxygen atoms in total. The molecule has 1 aliphatic heterocycles. The van der Waals surface area contributed by atoms with E-state index >= 15 is 0 Å². The molecule has 1 aromatic rings. The molecule has 1 unspecified atom stereocenters. The van der Waals surface area contributed by atoms with Crippen LogP contribution in [0.2, 0.25) is 5.02 Å². The van der Waals surface area contributed by atoms with Crippen LogP contribution in [0.3, 0.4) is 0 Å². The predicted octanol–water partition coefficient (Wildman–Crippen LogP) is 1.77. The van der Waals surface area contributed by atoms with Crippen molar-refractivity contribution < 1.29 is 9.59 Å². The Kier molecular flexibility index (Phi) is 3.31. The van der Waals surface area contributed by atoms with Crippen LogP contribution in [-0.2, 0) is 9.59 Å². The number of carbonyl (C=O) groups excluding carboxylic acids is 2. The summed E-state index contributed by atoms with van der Waals surface area (Å²) in [5.41, 5.74) is 6.24. The first-order chi connectivity index (χ1) is 7.99. The monoisotopic (exact) mass is 270 g/mol. The zero-order chi connectivity index (χ0) is 12.6. The van der Waals surface area contributed by atoms with Gasteiger partial charge in [0.2, 0.25) is 11.8 Å². The van der Waals surface area contributed by atoms with Crippen LogP contribution in [0.5, 0.6) is 0 Å². The van der Waals surface area contributed by atoms with E-state index in [1.54, 1.807) is 18.2 Å². The number of thioether (sulfide) groups is 1. The number of hydrogen-bond donors (Lipinski definition) is 1. The van der Waals surface area contributed by atoms with Crippen LogP contribution >= 0.6 is 23.4 Å². The van der Waals surface area contributed by atoms with E-state index in [2.05, 4.69) is 0 Å². The topological polar surface area (TPSA) is 63.4 Å². The van der Waals surface area contributed by atoms with Gasteiger partial charge < -0.3 is 5.73 Å². The second-order valence-corrected chi connectivity index (χ2v) is 5.44. The number of hydrogen-bond acceptors (Lipinski definition) is 4. The molecular weight excluding hydrogens is 260 g/mol. The van der Waals surface area contributed by atoms with Gasteiger partial charge in [-0.1, -0.05) is 11.6 Å². The average Bonchev–Trinajstić information content (AvgIpc) is 2.52. The molecule has 90 valence electrons. The first-order valence-electron chi connectivity index (χ1n) is 5.01. The molecule has 2 amide bonds. The van der Waals surface area contributed by atoms with Gasteiger partial charge in [-0.15, -0.1) is 11.8 Å². The van der Waals surface area contributed by atoms with Crippen molar-refractivity contribution in [1.29, 1.82) is 0 Å². The number of imide groups is 1. The lowest BCUT2D eigenvalue weighted by atomic mass is 10.3. The molecule has 17 heavy (non-hydrogen) atoms. The summed E-state index contributed by atoms with van der Waals surface area (Å²) in [5, 5.41) is 0.144. The Morgan fingerprint density at radius 2 is 2.18 bits per heavy atom. The minimum Gasteiger partial charge on any atom is -0.399 e. The number of nitrogen functional groups attached to an aromatic ring is 1. The van der Waals surface area contributed by atoms with Gasteiger partial charge in [0.25, 0.3) is 0 Å². The molecule has 2 N–H and O–H groups in total. The van der Waals surface area contributed by atoms with Gasteiger partial charge in [-0.2, -0.15) is 0 Å². The second kappa shape index (κ2) is 4.58. The third-order valence-corrected chi connectivity index (χ3v) is 4.25. The maximum Gasteiger partial charge on any atom is 0.242 e. The minimum atomic E-state index is -0.396. The highest BCUT2D eigenvalue weighted by molar-refractivity contribution is 8.00. The van der Waals surface area contributed by atoms with Crippen molar-refractivity contribution in [2.45, 2.75) is 16.6 Å². The number of anilines is 1. The zero-order valence-corrected chi connectivity index (χ0v) is 10.7. The third kappa shape index (κ3) is 2.40. The largest absolute Gasteiger partial charge is 0.399 e. The van der Waals surface area contributed by atoms with Crippen LogP contribution in [0.4, 0.5) is 5.69 Å². The summed E-state index contributed by atoms with van der Waals surface area (Å²) in [5.74, 6) is -0.342. The molecule has 0 saturated carbocycles. The number of likely N-dealkylation sites (tertiary alicyclic amines) is 1. The lowest BCUT2D eigenvalue weighted by Crippen LogP contribution is -2.26. The molecule has 1 fully saturated rings. The summed E-state index contributed by atoms with van der Waals surface area (Å²) in [6.07, 6.45) is 0.213. The van der Waals surface area contributed by atoms with E-state index in [1.165, 1.54) is 18.8 Å². The van der Waals surface area contributed by atoms with Crippen molar-refractivity contribution in [2.75, 3.05) is 12.8 Å². The number of rotatable bonds is 2. The van der Waals surface area contributed by atoms with Crippen molar-refractivity contribution in [1.82, 2.24) is 4.90 Å². The fourth-order valence-corrected chi connectivity index (χ4v) is 3.00. The number of nitrogens with zero attached hydrogens (tertiary/aromatic N) is 1. The summed E-state index contributed by atoms with van der Waals surface area (Å²) in [6.45, 7) is 0. The van der Waals surface area contributed by atoms with Gasteiger partial charge in [0, 0.05) is 24.1 Å². The lowest BCUT2D eigenvalue weighted by Gasteiger charge is -2.10. The van der Waals surface area contributed by atoms with Gasteiger partial charge in [-0.3, -0.25) is 14.5 Å². The Labute approximate surface area is 108 Å². The first-order valence-corrected chi connectivity index (χ1v) is 6.27. The molecule has 1 aliphatic rings. The van der Waals surface area contributed by atoms with Crippen molar-refractivity contribution in [3.8, 4) is 0 Å². The maximum atomic E-state index is 11.7. The molecule has 1 heterocycles. The zero-order valence-electron chi connectivity index (χ0n) is 9.14. The molecular formula is C11H11ClN2O2S. The van der Waals surface area contributed by atoms with Crippen LogP contribution < -0.4 is 5.73 Å². The minimum absolute atomic E-state index is 0.160. The van der Waals surface area contributed by atoms with E-state index in [0.29, 0.717) is 10.7 Å². The number of nitrogens with two attached hydrogens (primary N) is 1. The number of carbonyl (C=O) groups is 2. The van der Waals surface area contributed by atoms with Gasteiger partial charge >= 0.3 is 0 Å². The van der Waals surface area contributed by atoms with Crippen LogP contribution in [0.15, 0.2) is 23.1 Å². The van der Waals surface area contributed by atoms with Crippen LogP contribution in [0.1, 0.15) is 6.42 Å². The Hall–Kier alpha value is -1.20. The first kappa shape index (κ1) is 12.3. The van der Waals surface area contributed by atoms with Gasteiger partial charge in [-0.05, 0) is 18.2 Å². The fraction of sp³-hybridized carbons (Fsp3) is 0.273. The standard InChI is InChI=1S/C11H11ClN2O2S/c1-14-10(15)5-9(11(14)16)17-8-4-6(13)2-3-7(8)12/h2-4,9H,5,13H2,1H3. The summed E-state index contributed by atoms with van der Waals surface area (Å²) in [6, 6.07) is 5.09. The Morgan fingerprint density at radius 1 is 1.47 bits per heavy atom. The van der Waals surface area contributed by atoms with E-state index < -0.39 is 5.25 Å². The maximum absolute atomic E-state index is 11.7. The van der Waals surface area contributed by atoms with Gasteiger partial charge in [0.15, 0.2) is 0 Å². The predicted molar refractivity (Wildman–Crippen MR) is 67.9 cm³/mol. The Balaban J connectivity index is 2.19. The third-order valence-electron chi connectivity index (χ3n) is 2.56. The lowest BCUT2D eigenvalue weighted by molar-refractivity contribution is -0.136. The summed E-state index contributed by atoms with van der Waals surface area (Å²) >= 11 is 7.29. The highest BCUT2D eigenvalue weighted by Crippen LogP contribution is 2.36. The molecule has 0 radical (unpaired) electrons. The van der Waals surface area contributed by atoms with Gasteiger partial charge in [0.1, 0.15) is 0 Å². The smallest absolute Gasteiger partial charge is 0.242 e. The average molecular weight is 271 g/mol. The SMILES string of the molecule is CN1C(=O)CC(Sc2cc(N)ccc2Cl)C1=O. The van der Waals surface area contributed by atoms with Gasteiger partial charge in [-0.25, -0.2) is 0 Å². The van der Waals surface area contributed by atoms with Crippen molar-refractivity contribution >= 4 is 40.9 Å². The summed E-state index contributed by atoms with van der Waals surface area (Å²) in [7, 11) is 1.49. The quantitative estimate of drug-likeness (QED) is 0.657. The number of amides is 2. The van der Waals surface area contributed by atoms with E-state index in [1.807, 2.05) is 0 Å². The highest BCUT2D eigenvalue weighted by atomic mass is 35.5. The molecule has 6 heteroatoms. The van der Waals surface area contributed by atoms with Crippen molar-refractivity contribution in [3.63, 3.8) is 0 Å². The molecule has 1 atom stereocenters. The molecule has 0 spiro atoms. The second-order valence-electron chi connectivity index (χ2n) is 3.79. The molecule has 0 aliphatic carbocycles. The van der Waals surface area contributed by atoms with Crippen molar-refractivity contribution in [2.24, 2.45) is 0 Å². The molecule has 2 rings (SSSR count). The number of halogens is 1. The normalized spacial score (nSPS) is 20.1. The molecule has 1 aromatic carbocycles. The van der Waals surface area contributed by atoms with E-state index in [9.17, 15) is 9.59 Å². The number of benzene rings is 1. The fourth-order valence-electron chi connectivity index (χ4n) is 1.58.